The maximum Gasteiger partial charge on any atom is 0.227 e. The fourth-order valence-corrected chi connectivity index (χ4v) is 4.72. The Labute approximate surface area is 201 Å². The molecule has 0 radical (unpaired) electrons. The summed E-state index contributed by atoms with van der Waals surface area (Å²) in [7, 11) is 0. The number of carbonyl (C=O) groups is 2. The second-order valence-electron chi connectivity index (χ2n) is 8.10. The highest BCUT2D eigenvalue weighted by Crippen LogP contribution is 2.36. The molecule has 0 bridgehead atoms. The van der Waals surface area contributed by atoms with Crippen molar-refractivity contribution >= 4 is 33.7 Å². The van der Waals surface area contributed by atoms with Crippen LogP contribution in [0.4, 0.5) is 0 Å². The Morgan fingerprint density at radius 1 is 0.788 bits per heavy atom. The van der Waals surface area contributed by atoms with Crippen LogP contribution < -0.4 is 0 Å². The summed E-state index contributed by atoms with van der Waals surface area (Å²) in [6.07, 6.45) is 3.93. The highest BCUT2D eigenvalue weighted by molar-refractivity contribution is 9.10. The molecule has 33 heavy (non-hydrogen) atoms. The molecule has 0 saturated heterocycles. The zero-order valence-corrected chi connectivity index (χ0v) is 19.4. The number of benzene rings is 3. The molecule has 1 aliphatic heterocycles. The van der Waals surface area contributed by atoms with Gasteiger partial charge in [-0.25, -0.2) is 4.58 Å². The number of halogens is 1. The van der Waals surface area contributed by atoms with Crippen molar-refractivity contribution in [3.63, 3.8) is 0 Å². The third kappa shape index (κ3) is 4.24. The lowest BCUT2D eigenvalue weighted by Crippen LogP contribution is -2.40. The maximum absolute atomic E-state index is 13.9. The van der Waals surface area contributed by atoms with Gasteiger partial charge in [-0.15, -0.1) is 0 Å². The number of carbonyl (C=O) groups excluding carboxylic acids is 2. The van der Waals surface area contributed by atoms with Gasteiger partial charge in [-0.05, 0) is 24.3 Å². The van der Waals surface area contributed by atoms with Crippen LogP contribution >= 0.6 is 15.9 Å². The summed E-state index contributed by atoms with van der Waals surface area (Å²) in [6.45, 7) is 0.179. The summed E-state index contributed by atoms with van der Waals surface area (Å²) in [5.41, 5.74) is 3.19. The van der Waals surface area contributed by atoms with Crippen molar-refractivity contribution in [1.82, 2.24) is 4.57 Å². The Hall–Kier alpha value is -3.57. The van der Waals surface area contributed by atoms with Crippen molar-refractivity contribution in [2.75, 3.05) is 6.54 Å². The molecule has 1 aliphatic rings. The van der Waals surface area contributed by atoms with Gasteiger partial charge in [-0.1, -0.05) is 88.7 Å². The topological polar surface area (TPSA) is 42.1 Å². The molecule has 3 aromatic carbocycles. The lowest BCUT2D eigenvalue weighted by Gasteiger charge is -2.30. The van der Waals surface area contributed by atoms with Crippen molar-refractivity contribution in [2.45, 2.75) is 12.1 Å². The smallest absolute Gasteiger partial charge is 0.227 e. The highest BCUT2D eigenvalue weighted by atomic mass is 79.9. The van der Waals surface area contributed by atoms with E-state index >= 15 is 0 Å². The van der Waals surface area contributed by atoms with Crippen molar-refractivity contribution < 1.29 is 14.2 Å². The van der Waals surface area contributed by atoms with Gasteiger partial charge in [0.25, 0.3) is 0 Å². The number of hydrogen-bond acceptors (Lipinski definition) is 2. The Kier molecular flexibility index (Phi) is 5.88. The second-order valence-corrected chi connectivity index (χ2v) is 9.02. The molecule has 5 heteroatoms. The molecule has 162 valence electrons. The normalized spacial score (nSPS) is 17.2. The van der Waals surface area contributed by atoms with E-state index in [0.717, 1.165) is 15.7 Å². The van der Waals surface area contributed by atoms with E-state index in [0.29, 0.717) is 11.1 Å². The first-order valence-electron chi connectivity index (χ1n) is 10.8. The molecule has 0 amide bonds. The molecule has 0 fully saturated rings. The first kappa shape index (κ1) is 21.3. The van der Waals surface area contributed by atoms with Gasteiger partial charge >= 0.3 is 0 Å². The fourth-order valence-electron chi connectivity index (χ4n) is 4.46. The number of rotatable bonds is 6. The number of nitrogens with zero attached hydrogens (tertiary/aromatic N) is 2. The van der Waals surface area contributed by atoms with Gasteiger partial charge in [0.2, 0.25) is 18.4 Å². The van der Waals surface area contributed by atoms with E-state index in [9.17, 15) is 9.59 Å². The molecule has 4 nitrogen and oxygen atoms in total. The van der Waals surface area contributed by atoms with Crippen LogP contribution in [0.5, 0.6) is 0 Å². The summed E-state index contributed by atoms with van der Waals surface area (Å²) in [5, 5.41) is 0. The standard InChI is InChI=1S/C28H22BrN2O2/c29-23-15-13-22(14-16-23)28(33)27-26(21-10-5-2-6-11-21)30(18-24-12-7-17-31(24)27)19-25(32)20-8-3-1-4-9-20/h1-18,26-27H,19H2/q+1/t26-,27+/m1/s1. The van der Waals surface area contributed by atoms with Gasteiger partial charge in [0, 0.05) is 27.4 Å². The minimum Gasteiger partial charge on any atom is -0.326 e. The van der Waals surface area contributed by atoms with E-state index < -0.39 is 6.04 Å². The monoisotopic (exact) mass is 497 g/mol. The molecule has 0 N–H and O–H groups in total. The van der Waals surface area contributed by atoms with Crippen molar-refractivity contribution in [2.24, 2.45) is 0 Å². The highest BCUT2D eigenvalue weighted by Gasteiger charge is 2.43. The van der Waals surface area contributed by atoms with E-state index in [2.05, 4.69) is 15.9 Å². The predicted octanol–water partition coefficient (Wildman–Crippen LogP) is 5.74. The van der Waals surface area contributed by atoms with Crippen LogP contribution in [0.25, 0.3) is 0 Å². The van der Waals surface area contributed by atoms with Crippen molar-refractivity contribution in [1.29, 1.82) is 0 Å². The SMILES string of the molecule is O=C(C[N+]1=Cc2cccn2[C@H](C(=O)c2ccc(Br)cc2)[C@H]1c1ccccc1)c1ccccc1. The van der Waals surface area contributed by atoms with Crippen LogP contribution in [-0.4, -0.2) is 33.5 Å². The number of hydrogen-bond donors (Lipinski definition) is 0. The van der Waals surface area contributed by atoms with Crippen LogP contribution in [0.2, 0.25) is 0 Å². The van der Waals surface area contributed by atoms with Crippen LogP contribution in [0.3, 0.4) is 0 Å². The molecule has 4 aromatic rings. The van der Waals surface area contributed by atoms with Crippen molar-refractivity contribution in [3.8, 4) is 0 Å². The first-order chi connectivity index (χ1) is 16.1. The minimum absolute atomic E-state index is 0.0130. The molecule has 0 aliphatic carbocycles. The number of ketones is 2. The molecule has 0 saturated carbocycles. The largest absolute Gasteiger partial charge is 0.326 e. The van der Waals surface area contributed by atoms with Gasteiger partial charge in [0.15, 0.2) is 18.0 Å². The van der Waals surface area contributed by atoms with Crippen LogP contribution in [0.1, 0.15) is 44.1 Å². The van der Waals surface area contributed by atoms with Gasteiger partial charge < -0.3 is 4.57 Å². The molecule has 2 heterocycles. The fraction of sp³-hybridized carbons (Fsp3) is 0.107. The zero-order valence-electron chi connectivity index (χ0n) is 17.8. The molecule has 2 atom stereocenters. The Bertz CT molecular complexity index is 1330. The van der Waals surface area contributed by atoms with Gasteiger partial charge in [0.05, 0.1) is 0 Å². The number of fused-ring (bicyclic) bond motifs is 1. The average molecular weight is 498 g/mol. The average Bonchev–Trinajstić information content (AvgIpc) is 3.32. The van der Waals surface area contributed by atoms with Gasteiger partial charge in [-0.3, -0.25) is 9.59 Å². The Morgan fingerprint density at radius 2 is 1.45 bits per heavy atom. The number of Topliss-reactive ketones (excluding diaryl/α,β-unsaturated/α-hetero) is 2. The lowest BCUT2D eigenvalue weighted by atomic mass is 9.90. The lowest BCUT2D eigenvalue weighted by molar-refractivity contribution is -0.563. The van der Waals surface area contributed by atoms with E-state index in [1.165, 1.54) is 0 Å². The third-order valence-corrected chi connectivity index (χ3v) is 6.56. The quantitative estimate of drug-likeness (QED) is 0.251. The molecule has 5 rings (SSSR count). The summed E-state index contributed by atoms with van der Waals surface area (Å²) >= 11 is 3.45. The van der Waals surface area contributed by atoms with E-state index in [1.807, 2.05) is 119 Å². The van der Waals surface area contributed by atoms with Gasteiger partial charge in [-0.2, -0.15) is 0 Å². The summed E-state index contributed by atoms with van der Waals surface area (Å²) in [5.74, 6) is 0.0293. The molecular weight excluding hydrogens is 476 g/mol. The van der Waals surface area contributed by atoms with Crippen molar-refractivity contribution in [3.05, 3.63) is 130 Å². The minimum atomic E-state index is -0.507. The van der Waals surface area contributed by atoms with Crippen LogP contribution in [0.15, 0.2) is 108 Å². The zero-order chi connectivity index (χ0) is 22.8. The summed E-state index contributed by atoms with van der Waals surface area (Å²) in [4.78, 5) is 27.1. The van der Waals surface area contributed by atoms with E-state index in [4.69, 9.17) is 0 Å². The summed E-state index contributed by atoms with van der Waals surface area (Å²) < 4.78 is 4.96. The second kappa shape index (κ2) is 9.12. The molecule has 0 unspecified atom stereocenters. The molecule has 0 spiro atoms. The van der Waals surface area contributed by atoms with E-state index in [-0.39, 0.29) is 24.2 Å². The molecular formula is C28H22BrN2O2+. The number of aromatic nitrogens is 1. The van der Waals surface area contributed by atoms with Crippen LogP contribution in [0, 0.1) is 0 Å². The third-order valence-electron chi connectivity index (χ3n) is 6.03. The molecule has 1 aromatic heterocycles. The maximum atomic E-state index is 13.9. The predicted molar refractivity (Wildman–Crippen MR) is 132 cm³/mol. The first-order valence-corrected chi connectivity index (χ1v) is 11.6. The Balaban J connectivity index is 1.61. The Morgan fingerprint density at radius 3 is 2.15 bits per heavy atom. The van der Waals surface area contributed by atoms with Gasteiger partial charge in [0.1, 0.15) is 5.69 Å². The van der Waals surface area contributed by atoms with E-state index in [1.54, 1.807) is 0 Å². The van der Waals surface area contributed by atoms with Crippen LogP contribution in [-0.2, 0) is 0 Å². The summed E-state index contributed by atoms with van der Waals surface area (Å²) in [6, 6.07) is 29.8.